The van der Waals surface area contributed by atoms with Gasteiger partial charge < -0.3 is 14.4 Å². The minimum absolute atomic E-state index is 0.00515. The Labute approximate surface area is 198 Å². The molecule has 0 aliphatic carbocycles. The fraction of sp³-hybridized carbons (Fsp3) is 0.500. The molecule has 0 N–H and O–H groups in total. The quantitative estimate of drug-likeness (QED) is 0.282. The Balaban J connectivity index is 2.00. The molecule has 0 bridgehead atoms. The average Bonchev–Trinajstić information content (AvgIpc) is 2.79. The number of ether oxygens (including phenoxy) is 2. The van der Waals surface area contributed by atoms with Gasteiger partial charge in [-0.1, -0.05) is 36.4 Å². The molecule has 0 spiro atoms. The number of rotatable bonds is 15. The topological polar surface area (TPSA) is 72.9 Å². The summed E-state index contributed by atoms with van der Waals surface area (Å²) in [4.78, 5) is 14.9. The molecule has 33 heavy (non-hydrogen) atoms. The van der Waals surface area contributed by atoms with E-state index in [1.165, 1.54) is 0 Å². The summed E-state index contributed by atoms with van der Waals surface area (Å²) < 4.78 is 35.2. The van der Waals surface area contributed by atoms with Gasteiger partial charge in [-0.15, -0.1) is 0 Å². The van der Waals surface area contributed by atoms with Crippen LogP contribution < -0.4 is 4.90 Å². The summed E-state index contributed by atoms with van der Waals surface area (Å²) >= 11 is 0. The van der Waals surface area contributed by atoms with Gasteiger partial charge in [0.2, 0.25) is 0 Å². The second-order valence-corrected chi connectivity index (χ2v) is 10.8. The standard InChI is InChI=1S/C26H37NO5S/c1-5-31-17-15-27(16-18-32-6-2)25-13-9-22(10-14-25)19-26(28)24-11-7-23(8-12-24)20-33(29,30)21(3)4/h7-14,21H,5-6,15-20H2,1-4H3. The number of hydrogen-bond acceptors (Lipinski definition) is 6. The molecule has 0 aliphatic heterocycles. The van der Waals surface area contributed by atoms with Gasteiger partial charge in [0.15, 0.2) is 15.6 Å². The highest BCUT2D eigenvalue weighted by Gasteiger charge is 2.17. The van der Waals surface area contributed by atoms with Crippen molar-refractivity contribution in [3.05, 3.63) is 65.2 Å². The Hall–Kier alpha value is -2.22. The number of benzene rings is 2. The van der Waals surface area contributed by atoms with E-state index in [1.54, 1.807) is 38.1 Å². The Morgan fingerprint density at radius 1 is 0.848 bits per heavy atom. The van der Waals surface area contributed by atoms with Gasteiger partial charge in [-0.25, -0.2) is 8.42 Å². The largest absolute Gasteiger partial charge is 0.380 e. The van der Waals surface area contributed by atoms with Crippen molar-refractivity contribution in [2.45, 2.75) is 45.1 Å². The van der Waals surface area contributed by atoms with Crippen LogP contribution in [0.15, 0.2) is 48.5 Å². The number of ketones is 1. The fourth-order valence-corrected chi connectivity index (χ4v) is 4.30. The van der Waals surface area contributed by atoms with E-state index in [-0.39, 0.29) is 11.5 Å². The van der Waals surface area contributed by atoms with E-state index in [1.807, 2.05) is 38.1 Å². The highest BCUT2D eigenvalue weighted by atomic mass is 32.2. The van der Waals surface area contributed by atoms with Gasteiger partial charge in [0.05, 0.1) is 24.2 Å². The predicted octanol–water partition coefficient (Wildman–Crippen LogP) is 4.31. The Morgan fingerprint density at radius 2 is 1.36 bits per heavy atom. The summed E-state index contributed by atoms with van der Waals surface area (Å²) in [5.41, 5.74) is 3.29. The van der Waals surface area contributed by atoms with Crippen LogP contribution in [-0.4, -0.2) is 59.0 Å². The first kappa shape index (κ1) is 27.0. The molecule has 0 amide bonds. The van der Waals surface area contributed by atoms with E-state index in [4.69, 9.17) is 9.47 Å². The first-order valence-corrected chi connectivity index (χ1v) is 13.3. The van der Waals surface area contributed by atoms with E-state index >= 15 is 0 Å². The van der Waals surface area contributed by atoms with Crippen LogP contribution in [0.1, 0.15) is 49.2 Å². The Morgan fingerprint density at radius 3 is 1.85 bits per heavy atom. The molecule has 2 aromatic carbocycles. The maximum atomic E-state index is 12.7. The van der Waals surface area contributed by atoms with Crippen LogP contribution in [0.5, 0.6) is 0 Å². The first-order valence-electron chi connectivity index (χ1n) is 11.6. The van der Waals surface area contributed by atoms with Crippen molar-refractivity contribution in [3.8, 4) is 0 Å². The zero-order chi connectivity index (χ0) is 24.3. The fourth-order valence-electron chi connectivity index (χ4n) is 3.31. The number of carbonyl (C=O) groups excluding carboxylic acids is 1. The highest BCUT2D eigenvalue weighted by molar-refractivity contribution is 7.91. The van der Waals surface area contributed by atoms with Crippen LogP contribution >= 0.6 is 0 Å². The van der Waals surface area contributed by atoms with Crippen molar-refractivity contribution in [2.75, 3.05) is 44.4 Å². The molecule has 0 radical (unpaired) electrons. The molecule has 7 heteroatoms. The van der Waals surface area contributed by atoms with E-state index < -0.39 is 15.1 Å². The molecule has 0 atom stereocenters. The number of nitrogens with zero attached hydrogens (tertiary/aromatic N) is 1. The molecule has 2 aromatic rings. The van der Waals surface area contributed by atoms with Crippen LogP contribution in [0.3, 0.4) is 0 Å². The number of carbonyl (C=O) groups is 1. The second kappa shape index (κ2) is 13.5. The van der Waals surface area contributed by atoms with Crippen LogP contribution in [0.25, 0.3) is 0 Å². The Bertz CT molecular complexity index is 943. The van der Waals surface area contributed by atoms with Crippen molar-refractivity contribution in [3.63, 3.8) is 0 Å². The van der Waals surface area contributed by atoms with Crippen molar-refractivity contribution in [2.24, 2.45) is 0 Å². The second-order valence-electron chi connectivity index (χ2n) is 8.20. The number of anilines is 1. The lowest BCUT2D eigenvalue weighted by Crippen LogP contribution is -2.31. The number of sulfone groups is 1. The zero-order valence-electron chi connectivity index (χ0n) is 20.2. The Kier molecular flexibility index (Phi) is 11.0. The lowest BCUT2D eigenvalue weighted by molar-refractivity contribution is 0.0993. The summed E-state index contributed by atoms with van der Waals surface area (Å²) in [5.74, 6) is -0.00507. The molecular formula is C26H37NO5S. The summed E-state index contributed by atoms with van der Waals surface area (Å²) in [6.45, 7) is 11.6. The molecule has 0 fully saturated rings. The van der Waals surface area contributed by atoms with Crippen molar-refractivity contribution in [1.82, 2.24) is 0 Å². The summed E-state index contributed by atoms with van der Waals surface area (Å²) in [6.07, 6.45) is 0.293. The van der Waals surface area contributed by atoms with Crippen LogP contribution in [0.2, 0.25) is 0 Å². The summed E-state index contributed by atoms with van der Waals surface area (Å²) in [7, 11) is -3.16. The van der Waals surface area contributed by atoms with Gasteiger partial charge in [-0.3, -0.25) is 4.79 Å². The molecule has 0 unspecified atom stereocenters. The lowest BCUT2D eigenvalue weighted by Gasteiger charge is -2.25. The van der Waals surface area contributed by atoms with Gasteiger partial charge in [0.25, 0.3) is 0 Å². The third kappa shape index (κ3) is 8.91. The van der Waals surface area contributed by atoms with Crippen LogP contribution in [0.4, 0.5) is 5.69 Å². The monoisotopic (exact) mass is 475 g/mol. The molecule has 2 rings (SSSR count). The summed E-state index contributed by atoms with van der Waals surface area (Å²) in [5, 5.41) is -0.420. The van der Waals surface area contributed by atoms with Gasteiger partial charge in [0.1, 0.15) is 0 Å². The third-order valence-electron chi connectivity index (χ3n) is 5.45. The maximum Gasteiger partial charge on any atom is 0.167 e. The molecule has 182 valence electrons. The predicted molar refractivity (Wildman–Crippen MR) is 134 cm³/mol. The molecule has 0 saturated carbocycles. The molecule has 6 nitrogen and oxygen atoms in total. The maximum absolute atomic E-state index is 12.7. The van der Waals surface area contributed by atoms with Crippen molar-refractivity contribution >= 4 is 21.3 Å². The minimum Gasteiger partial charge on any atom is -0.380 e. The molecular weight excluding hydrogens is 438 g/mol. The van der Waals surface area contributed by atoms with Gasteiger partial charge in [-0.2, -0.15) is 0 Å². The van der Waals surface area contributed by atoms with E-state index in [0.29, 0.717) is 44.0 Å². The molecule has 0 saturated heterocycles. The van der Waals surface area contributed by atoms with Crippen molar-refractivity contribution in [1.29, 1.82) is 0 Å². The smallest absolute Gasteiger partial charge is 0.167 e. The highest BCUT2D eigenvalue weighted by Crippen LogP contribution is 2.18. The summed E-state index contributed by atoms with van der Waals surface area (Å²) in [6, 6.07) is 14.9. The normalized spacial score (nSPS) is 11.7. The van der Waals surface area contributed by atoms with Crippen LogP contribution in [-0.2, 0) is 31.5 Å². The minimum atomic E-state index is -3.16. The average molecular weight is 476 g/mol. The van der Waals surface area contributed by atoms with E-state index in [2.05, 4.69) is 4.90 Å². The molecule has 0 aliphatic rings. The van der Waals surface area contributed by atoms with Gasteiger partial charge in [-0.05, 0) is 51.0 Å². The molecule has 0 heterocycles. The van der Waals surface area contributed by atoms with Crippen LogP contribution in [0, 0.1) is 0 Å². The first-order chi connectivity index (χ1) is 15.8. The zero-order valence-corrected chi connectivity index (χ0v) is 21.1. The van der Waals surface area contributed by atoms with Gasteiger partial charge in [0, 0.05) is 44.0 Å². The third-order valence-corrected chi connectivity index (χ3v) is 7.62. The van der Waals surface area contributed by atoms with E-state index in [0.717, 1.165) is 24.3 Å². The van der Waals surface area contributed by atoms with Crippen molar-refractivity contribution < 1.29 is 22.7 Å². The number of hydrogen-bond donors (Lipinski definition) is 0. The lowest BCUT2D eigenvalue weighted by atomic mass is 10.0. The molecule has 0 aromatic heterocycles. The van der Waals surface area contributed by atoms with Gasteiger partial charge >= 0.3 is 0 Å². The SMILES string of the molecule is CCOCCN(CCOCC)c1ccc(CC(=O)c2ccc(CS(=O)(=O)C(C)C)cc2)cc1. The van der Waals surface area contributed by atoms with E-state index in [9.17, 15) is 13.2 Å². The number of Topliss-reactive ketones (excluding diaryl/α,β-unsaturated/α-hetero) is 1.